The molecule has 2 aromatic rings. The van der Waals surface area contributed by atoms with Crippen molar-refractivity contribution in [2.24, 2.45) is 0 Å². The molecule has 0 radical (unpaired) electrons. The quantitative estimate of drug-likeness (QED) is 0.832. The van der Waals surface area contributed by atoms with Gasteiger partial charge in [-0.3, -0.25) is 0 Å². The zero-order valence-electron chi connectivity index (χ0n) is 12.1. The third-order valence-corrected chi connectivity index (χ3v) is 4.61. The second-order valence-corrected chi connectivity index (χ2v) is 5.99. The maximum Gasteiger partial charge on any atom is 0.129 e. The SMILES string of the molecule is CCNC(CC1Cc2ccccc21)c1c(F)cccc1Cl. The fourth-order valence-corrected chi connectivity index (χ4v) is 3.55. The van der Waals surface area contributed by atoms with Crippen molar-refractivity contribution in [1.29, 1.82) is 0 Å². The minimum Gasteiger partial charge on any atom is -0.310 e. The molecular weight excluding hydrogens is 285 g/mol. The molecule has 1 aliphatic rings. The second-order valence-electron chi connectivity index (χ2n) is 5.58. The standard InChI is InChI=1S/C18H19ClFN/c1-2-21-17(18-15(19)8-5-9-16(18)20)11-13-10-12-6-3-4-7-14(12)13/h3-9,13,17,21H,2,10-11H2,1H3. The zero-order chi connectivity index (χ0) is 14.8. The third-order valence-electron chi connectivity index (χ3n) is 4.28. The maximum atomic E-state index is 14.2. The van der Waals surface area contributed by atoms with Gasteiger partial charge in [-0.15, -0.1) is 0 Å². The van der Waals surface area contributed by atoms with Gasteiger partial charge in [-0.05, 0) is 48.6 Å². The molecule has 0 bridgehead atoms. The van der Waals surface area contributed by atoms with Gasteiger partial charge >= 0.3 is 0 Å². The van der Waals surface area contributed by atoms with Gasteiger partial charge in [-0.2, -0.15) is 0 Å². The molecule has 3 heteroatoms. The Labute approximate surface area is 130 Å². The van der Waals surface area contributed by atoms with E-state index in [1.807, 2.05) is 6.92 Å². The summed E-state index contributed by atoms with van der Waals surface area (Å²) in [5.41, 5.74) is 3.41. The highest BCUT2D eigenvalue weighted by Crippen LogP contribution is 2.42. The Balaban J connectivity index is 1.84. The molecule has 0 aliphatic heterocycles. The Bertz CT molecular complexity index is 621. The van der Waals surface area contributed by atoms with Crippen LogP contribution < -0.4 is 5.32 Å². The lowest BCUT2D eigenvalue weighted by atomic mass is 9.73. The molecular formula is C18H19ClFN. The zero-order valence-corrected chi connectivity index (χ0v) is 12.8. The van der Waals surface area contributed by atoms with Crippen molar-refractivity contribution in [1.82, 2.24) is 5.32 Å². The maximum absolute atomic E-state index is 14.2. The van der Waals surface area contributed by atoms with Crippen LogP contribution in [-0.2, 0) is 6.42 Å². The summed E-state index contributed by atoms with van der Waals surface area (Å²) >= 11 is 6.22. The predicted octanol–water partition coefficient (Wildman–Crippen LogP) is 4.86. The largest absolute Gasteiger partial charge is 0.310 e. The van der Waals surface area contributed by atoms with E-state index in [-0.39, 0.29) is 11.9 Å². The lowest BCUT2D eigenvalue weighted by Gasteiger charge is -2.33. The highest BCUT2D eigenvalue weighted by molar-refractivity contribution is 6.31. The Morgan fingerprint density at radius 2 is 2.05 bits per heavy atom. The topological polar surface area (TPSA) is 12.0 Å². The molecule has 2 atom stereocenters. The Morgan fingerprint density at radius 3 is 2.76 bits per heavy atom. The van der Waals surface area contributed by atoms with E-state index >= 15 is 0 Å². The van der Waals surface area contributed by atoms with Crippen molar-refractivity contribution < 1.29 is 4.39 Å². The van der Waals surface area contributed by atoms with Crippen molar-refractivity contribution >= 4 is 11.6 Å². The first kappa shape index (κ1) is 14.6. The summed E-state index contributed by atoms with van der Waals surface area (Å²) in [5.74, 6) is 0.266. The van der Waals surface area contributed by atoms with Crippen LogP contribution >= 0.6 is 11.6 Å². The molecule has 0 spiro atoms. The summed E-state index contributed by atoms with van der Waals surface area (Å²) in [6.07, 6.45) is 1.95. The lowest BCUT2D eigenvalue weighted by Crippen LogP contribution is -2.28. The third kappa shape index (κ3) is 2.83. The van der Waals surface area contributed by atoms with Crippen LogP contribution in [-0.4, -0.2) is 6.54 Å². The van der Waals surface area contributed by atoms with Crippen LogP contribution in [0.25, 0.3) is 0 Å². The van der Waals surface area contributed by atoms with E-state index in [1.165, 1.54) is 17.2 Å². The molecule has 1 N–H and O–H groups in total. The first-order valence-corrected chi connectivity index (χ1v) is 7.83. The lowest BCUT2D eigenvalue weighted by molar-refractivity contribution is 0.422. The van der Waals surface area contributed by atoms with Crippen LogP contribution in [0, 0.1) is 5.82 Å². The summed E-state index contributed by atoms with van der Waals surface area (Å²) in [7, 11) is 0. The molecule has 2 aromatic carbocycles. The Morgan fingerprint density at radius 1 is 1.24 bits per heavy atom. The van der Waals surface area contributed by atoms with Crippen LogP contribution in [0.2, 0.25) is 5.02 Å². The molecule has 0 heterocycles. The van der Waals surface area contributed by atoms with Gasteiger partial charge in [0.1, 0.15) is 5.82 Å². The van der Waals surface area contributed by atoms with E-state index in [1.54, 1.807) is 12.1 Å². The molecule has 0 amide bonds. The molecule has 0 aromatic heterocycles. The smallest absolute Gasteiger partial charge is 0.129 e. The first-order valence-electron chi connectivity index (χ1n) is 7.45. The molecule has 110 valence electrons. The van der Waals surface area contributed by atoms with Gasteiger partial charge in [0.25, 0.3) is 0 Å². The Hall–Kier alpha value is -1.38. The minimum atomic E-state index is -0.221. The van der Waals surface area contributed by atoms with Gasteiger partial charge in [-0.25, -0.2) is 4.39 Å². The minimum absolute atomic E-state index is 0.0398. The van der Waals surface area contributed by atoms with Gasteiger partial charge < -0.3 is 5.32 Å². The highest BCUT2D eigenvalue weighted by Gasteiger charge is 2.30. The van der Waals surface area contributed by atoms with Crippen LogP contribution in [0.1, 0.15) is 42.0 Å². The van der Waals surface area contributed by atoms with Crippen LogP contribution in [0.3, 0.4) is 0 Å². The van der Waals surface area contributed by atoms with Gasteiger partial charge in [-0.1, -0.05) is 48.9 Å². The van der Waals surface area contributed by atoms with E-state index in [2.05, 4.69) is 29.6 Å². The van der Waals surface area contributed by atoms with Crippen LogP contribution in [0.15, 0.2) is 42.5 Å². The van der Waals surface area contributed by atoms with Crippen molar-refractivity contribution in [2.45, 2.75) is 31.7 Å². The second kappa shape index (κ2) is 6.17. The number of hydrogen-bond acceptors (Lipinski definition) is 1. The van der Waals surface area contributed by atoms with Gasteiger partial charge in [0.2, 0.25) is 0 Å². The van der Waals surface area contributed by atoms with Crippen LogP contribution in [0.4, 0.5) is 4.39 Å². The number of fused-ring (bicyclic) bond motifs is 1. The molecule has 3 rings (SSSR count). The molecule has 0 saturated carbocycles. The molecule has 1 aliphatic carbocycles. The molecule has 1 nitrogen and oxygen atoms in total. The summed E-state index contributed by atoms with van der Waals surface area (Å²) < 4.78 is 14.2. The van der Waals surface area contributed by atoms with Crippen molar-refractivity contribution in [3.8, 4) is 0 Å². The average molecular weight is 304 g/mol. The number of rotatable bonds is 5. The van der Waals surface area contributed by atoms with Gasteiger partial charge in [0.15, 0.2) is 0 Å². The van der Waals surface area contributed by atoms with E-state index < -0.39 is 0 Å². The monoisotopic (exact) mass is 303 g/mol. The van der Waals surface area contributed by atoms with E-state index in [0.29, 0.717) is 16.5 Å². The summed E-state index contributed by atoms with van der Waals surface area (Å²) in [6.45, 7) is 2.83. The number of halogens is 2. The molecule has 0 fully saturated rings. The normalized spacial score (nSPS) is 18.0. The number of hydrogen-bond donors (Lipinski definition) is 1. The van der Waals surface area contributed by atoms with Crippen molar-refractivity contribution in [3.05, 3.63) is 70.0 Å². The van der Waals surface area contributed by atoms with Crippen molar-refractivity contribution in [2.75, 3.05) is 6.54 Å². The fraction of sp³-hybridized carbons (Fsp3) is 0.333. The molecule has 2 unspecified atom stereocenters. The van der Waals surface area contributed by atoms with Crippen LogP contribution in [0.5, 0.6) is 0 Å². The number of benzene rings is 2. The first-order chi connectivity index (χ1) is 10.2. The van der Waals surface area contributed by atoms with Crippen molar-refractivity contribution in [3.63, 3.8) is 0 Å². The summed E-state index contributed by atoms with van der Waals surface area (Å²) in [5, 5.41) is 3.89. The van der Waals surface area contributed by atoms with Gasteiger partial charge in [0, 0.05) is 16.6 Å². The van der Waals surface area contributed by atoms with E-state index in [0.717, 1.165) is 19.4 Å². The number of nitrogens with one attached hydrogen (secondary N) is 1. The predicted molar refractivity (Wildman–Crippen MR) is 85.3 cm³/mol. The average Bonchev–Trinajstić information content (AvgIpc) is 2.44. The summed E-state index contributed by atoms with van der Waals surface area (Å²) in [4.78, 5) is 0. The van der Waals surface area contributed by atoms with E-state index in [9.17, 15) is 4.39 Å². The van der Waals surface area contributed by atoms with Gasteiger partial charge in [0.05, 0.1) is 0 Å². The fourth-order valence-electron chi connectivity index (χ4n) is 3.25. The van der Waals surface area contributed by atoms with E-state index in [4.69, 9.17) is 11.6 Å². The summed E-state index contributed by atoms with van der Waals surface area (Å²) in [6, 6.07) is 13.4. The molecule has 21 heavy (non-hydrogen) atoms. The molecule has 0 saturated heterocycles. The Kier molecular flexibility index (Phi) is 4.27. The highest BCUT2D eigenvalue weighted by atomic mass is 35.5.